The first-order chi connectivity index (χ1) is 20.6. The van der Waals surface area contributed by atoms with E-state index in [1.807, 2.05) is 60.7 Å². The van der Waals surface area contributed by atoms with Crippen LogP contribution in [0.1, 0.15) is 77.0 Å². The van der Waals surface area contributed by atoms with Crippen LogP contribution in [0, 0.1) is 0 Å². The van der Waals surface area contributed by atoms with E-state index >= 15 is 0 Å². The number of benzene rings is 4. The van der Waals surface area contributed by atoms with Crippen molar-refractivity contribution in [2.24, 2.45) is 0 Å². The third-order valence-electron chi connectivity index (χ3n) is 7.35. The van der Waals surface area contributed by atoms with E-state index in [0.29, 0.717) is 11.4 Å². The van der Waals surface area contributed by atoms with Crippen molar-refractivity contribution >= 4 is 47.2 Å². The van der Waals surface area contributed by atoms with Gasteiger partial charge < -0.3 is 20.2 Å². The number of nitrogens with zero attached hydrogens (tertiary/aromatic N) is 1. The molecule has 3 N–H and O–H groups in total. The number of carbonyl (C=O) groups is 4. The molecule has 0 saturated heterocycles. The number of halogens is 1. The number of amides is 1. The topological polar surface area (TPSA) is 132 Å². The fraction of sp³-hybridized carbons (Fsp3) is 0.152. The first-order valence-corrected chi connectivity index (χ1v) is 14.6. The third kappa shape index (κ3) is 6.58. The van der Waals surface area contributed by atoms with Crippen LogP contribution in [0.25, 0.3) is 0 Å². The second-order valence-electron chi connectivity index (χ2n) is 10.1. The van der Waals surface area contributed by atoms with Crippen molar-refractivity contribution in [2.45, 2.75) is 41.6 Å². The molecule has 43 heavy (non-hydrogen) atoms. The first-order valence-electron chi connectivity index (χ1n) is 13.4. The molecule has 8 nitrogen and oxygen atoms in total. The molecule has 0 fully saturated rings. The average molecular weight is 616 g/mol. The molecular weight excluding hydrogens is 590 g/mol. The number of hydrogen-bond donors (Lipinski definition) is 3. The Labute approximate surface area is 256 Å². The SMILES string of the molecule is O=C(O)c1cc(C(=O)O)c(C(=O)N(Cc2cccc(Sc3ccc(Cl)cc3)c2)[C@H]2CCCc3ccccc32)cc1C(=O)O. The summed E-state index contributed by atoms with van der Waals surface area (Å²) in [4.78, 5) is 53.8. The zero-order valence-corrected chi connectivity index (χ0v) is 24.3. The Balaban J connectivity index is 1.59. The molecule has 10 heteroatoms. The van der Waals surface area contributed by atoms with E-state index in [9.17, 15) is 34.5 Å². The summed E-state index contributed by atoms with van der Waals surface area (Å²) in [5.74, 6) is -5.42. The highest BCUT2D eigenvalue weighted by Crippen LogP contribution is 2.37. The Morgan fingerprint density at radius 1 is 0.744 bits per heavy atom. The maximum atomic E-state index is 14.4. The van der Waals surface area contributed by atoms with Crippen molar-refractivity contribution in [3.8, 4) is 0 Å². The van der Waals surface area contributed by atoms with Crippen LogP contribution >= 0.6 is 23.4 Å². The van der Waals surface area contributed by atoms with Gasteiger partial charge in [-0.15, -0.1) is 0 Å². The van der Waals surface area contributed by atoms with Gasteiger partial charge in [-0.2, -0.15) is 0 Å². The van der Waals surface area contributed by atoms with Gasteiger partial charge >= 0.3 is 17.9 Å². The summed E-state index contributed by atoms with van der Waals surface area (Å²) in [6.07, 6.45) is 2.24. The van der Waals surface area contributed by atoms with Crippen LogP contribution < -0.4 is 0 Å². The van der Waals surface area contributed by atoms with E-state index < -0.39 is 46.5 Å². The summed E-state index contributed by atoms with van der Waals surface area (Å²) in [5, 5.41) is 29.9. The number of hydrogen-bond acceptors (Lipinski definition) is 5. The van der Waals surface area contributed by atoms with Gasteiger partial charge in [0.1, 0.15) is 0 Å². The molecule has 0 aliphatic heterocycles. The molecule has 1 aliphatic rings. The van der Waals surface area contributed by atoms with E-state index in [0.717, 1.165) is 51.5 Å². The van der Waals surface area contributed by atoms with E-state index in [1.165, 1.54) is 11.8 Å². The fourth-order valence-corrected chi connectivity index (χ4v) is 6.41. The largest absolute Gasteiger partial charge is 0.478 e. The van der Waals surface area contributed by atoms with Gasteiger partial charge in [-0.05, 0) is 84.5 Å². The molecule has 0 aromatic heterocycles. The van der Waals surface area contributed by atoms with Crippen LogP contribution in [0.2, 0.25) is 5.02 Å². The van der Waals surface area contributed by atoms with Crippen molar-refractivity contribution in [2.75, 3.05) is 0 Å². The van der Waals surface area contributed by atoms with Crippen LogP contribution in [-0.4, -0.2) is 44.0 Å². The Kier molecular flexibility index (Phi) is 8.84. The van der Waals surface area contributed by atoms with Gasteiger partial charge in [0.15, 0.2) is 0 Å². The maximum absolute atomic E-state index is 14.4. The molecule has 0 bridgehead atoms. The number of fused-ring (bicyclic) bond motifs is 1. The molecular formula is C33H26ClNO7S. The standard InChI is InChI=1S/C33H26ClNO7S/c34-21-11-13-22(14-12-21)43-23-8-3-5-19(15-23)18-35(29-10-4-7-20-6-1-2-9-24(20)29)30(36)25-16-27(32(39)40)28(33(41)42)17-26(25)31(37)38/h1-3,5-6,8-9,11-17,29H,4,7,10,18H2,(H,37,38)(H,39,40)(H,41,42)/t29-/m0/s1. The molecule has 1 atom stereocenters. The Hall–Kier alpha value is -4.60. The molecule has 0 radical (unpaired) electrons. The van der Waals surface area contributed by atoms with Crippen LogP contribution in [0.15, 0.2) is 94.7 Å². The van der Waals surface area contributed by atoms with Gasteiger partial charge in [-0.3, -0.25) is 4.79 Å². The van der Waals surface area contributed by atoms with Crippen LogP contribution in [-0.2, 0) is 13.0 Å². The smallest absolute Gasteiger partial charge is 0.336 e. The van der Waals surface area contributed by atoms with Gasteiger partial charge in [0.25, 0.3) is 5.91 Å². The second kappa shape index (κ2) is 12.7. The monoisotopic (exact) mass is 615 g/mol. The van der Waals surface area contributed by atoms with Crippen molar-refractivity contribution in [1.29, 1.82) is 0 Å². The number of rotatable bonds is 9. The summed E-state index contributed by atoms with van der Waals surface area (Å²) in [6, 6.07) is 24.0. The lowest BCUT2D eigenvalue weighted by atomic mass is 9.86. The normalized spacial score (nSPS) is 14.0. The van der Waals surface area contributed by atoms with Crippen LogP contribution in [0.3, 0.4) is 0 Å². The second-order valence-corrected chi connectivity index (χ2v) is 11.7. The summed E-state index contributed by atoms with van der Waals surface area (Å²) in [5.41, 5.74) is 0.473. The summed E-state index contributed by atoms with van der Waals surface area (Å²) in [6.45, 7) is 0.106. The zero-order chi connectivity index (χ0) is 30.7. The van der Waals surface area contributed by atoms with Gasteiger partial charge in [-0.1, -0.05) is 59.8 Å². The van der Waals surface area contributed by atoms with Gasteiger partial charge in [-0.25, -0.2) is 14.4 Å². The molecule has 1 amide bonds. The molecule has 0 unspecified atom stereocenters. The van der Waals surface area contributed by atoms with Crippen molar-refractivity contribution in [3.63, 3.8) is 0 Å². The summed E-state index contributed by atoms with van der Waals surface area (Å²) in [7, 11) is 0. The van der Waals surface area contributed by atoms with Gasteiger partial charge in [0, 0.05) is 21.4 Å². The quantitative estimate of drug-likeness (QED) is 0.179. The lowest BCUT2D eigenvalue weighted by Crippen LogP contribution is -2.37. The van der Waals surface area contributed by atoms with Gasteiger partial charge in [0.2, 0.25) is 0 Å². The molecule has 4 aromatic rings. The highest BCUT2D eigenvalue weighted by molar-refractivity contribution is 7.99. The minimum absolute atomic E-state index is 0.106. The minimum Gasteiger partial charge on any atom is -0.478 e. The molecule has 218 valence electrons. The third-order valence-corrected chi connectivity index (χ3v) is 8.60. The van der Waals surface area contributed by atoms with E-state index in [1.54, 1.807) is 17.0 Å². The van der Waals surface area contributed by atoms with Crippen LogP contribution in [0.5, 0.6) is 0 Å². The number of carboxylic acid groups (broad SMARTS) is 3. The summed E-state index contributed by atoms with van der Waals surface area (Å²) < 4.78 is 0. The Bertz CT molecular complexity index is 1740. The first kappa shape index (κ1) is 29.9. The Morgan fingerprint density at radius 2 is 1.37 bits per heavy atom. The molecule has 0 saturated carbocycles. The Morgan fingerprint density at radius 3 is 2.05 bits per heavy atom. The number of aromatic carboxylic acids is 3. The number of aryl methyl sites for hydroxylation is 1. The van der Waals surface area contributed by atoms with E-state index in [2.05, 4.69) is 0 Å². The van der Waals surface area contributed by atoms with E-state index in [-0.39, 0.29) is 12.1 Å². The number of carboxylic acids is 3. The lowest BCUT2D eigenvalue weighted by Gasteiger charge is -2.36. The highest BCUT2D eigenvalue weighted by Gasteiger charge is 2.33. The molecule has 4 aromatic carbocycles. The molecule has 1 aliphatic carbocycles. The zero-order valence-electron chi connectivity index (χ0n) is 22.7. The van der Waals surface area contributed by atoms with Crippen molar-refractivity contribution in [3.05, 3.63) is 129 Å². The molecule has 0 spiro atoms. The molecule has 5 rings (SSSR count). The summed E-state index contributed by atoms with van der Waals surface area (Å²) >= 11 is 7.55. The maximum Gasteiger partial charge on any atom is 0.336 e. The van der Waals surface area contributed by atoms with Crippen molar-refractivity contribution < 1.29 is 34.5 Å². The van der Waals surface area contributed by atoms with Gasteiger partial charge in [0.05, 0.1) is 28.3 Å². The van der Waals surface area contributed by atoms with Crippen LogP contribution in [0.4, 0.5) is 0 Å². The number of carbonyl (C=O) groups excluding carboxylic acids is 1. The predicted molar refractivity (Wildman–Crippen MR) is 161 cm³/mol. The average Bonchev–Trinajstić information content (AvgIpc) is 3.00. The van der Waals surface area contributed by atoms with E-state index in [4.69, 9.17) is 11.6 Å². The lowest BCUT2D eigenvalue weighted by molar-refractivity contribution is 0.0611. The highest BCUT2D eigenvalue weighted by atomic mass is 35.5. The fourth-order valence-electron chi connectivity index (χ4n) is 5.38. The predicted octanol–water partition coefficient (Wildman–Crippen LogP) is 7.31. The molecule has 0 heterocycles. The van der Waals surface area contributed by atoms with Crippen molar-refractivity contribution in [1.82, 2.24) is 4.90 Å². The minimum atomic E-state index is -1.60.